The maximum Gasteiger partial charge on any atom is 0.146 e. The van der Waals surface area contributed by atoms with E-state index in [1.807, 2.05) is 36.4 Å². The van der Waals surface area contributed by atoms with Crippen molar-refractivity contribution in [2.24, 2.45) is 0 Å². The van der Waals surface area contributed by atoms with Crippen molar-refractivity contribution < 1.29 is 4.74 Å². The van der Waals surface area contributed by atoms with Crippen molar-refractivity contribution in [2.45, 2.75) is 19.8 Å². The molecule has 0 saturated carbocycles. The van der Waals surface area contributed by atoms with Crippen LogP contribution in [0.3, 0.4) is 0 Å². The molecule has 0 aliphatic heterocycles. The van der Waals surface area contributed by atoms with Gasteiger partial charge < -0.3 is 4.74 Å². The van der Waals surface area contributed by atoms with E-state index in [4.69, 9.17) is 10.00 Å². The maximum absolute atomic E-state index is 9.28. The van der Waals surface area contributed by atoms with Crippen LogP contribution >= 0.6 is 0 Å². The van der Waals surface area contributed by atoms with E-state index < -0.39 is 0 Å². The summed E-state index contributed by atoms with van der Waals surface area (Å²) in [5.74, 6) is 1.53. The van der Waals surface area contributed by atoms with Gasteiger partial charge in [0, 0.05) is 0 Å². The van der Waals surface area contributed by atoms with Gasteiger partial charge in [-0.2, -0.15) is 10.5 Å². The first-order chi connectivity index (χ1) is 12.6. The van der Waals surface area contributed by atoms with Crippen LogP contribution in [0.2, 0.25) is 0 Å². The van der Waals surface area contributed by atoms with Crippen LogP contribution in [0, 0.1) is 22.7 Å². The molecule has 3 aromatic carbocycles. The summed E-state index contributed by atoms with van der Waals surface area (Å²) in [6, 6.07) is 25.3. The summed E-state index contributed by atoms with van der Waals surface area (Å²) in [5.41, 5.74) is 4.12. The molecule has 126 valence electrons. The molecule has 0 aliphatic rings. The molecule has 0 aliphatic carbocycles. The molecule has 0 fully saturated rings. The molecular formula is C23H18N2O. The lowest BCUT2D eigenvalue weighted by molar-refractivity contribution is 0.481. The van der Waals surface area contributed by atoms with Crippen LogP contribution in [0.5, 0.6) is 11.5 Å². The molecule has 0 saturated heterocycles. The number of rotatable bonds is 4. The molecule has 0 unspecified atom stereocenters. The van der Waals surface area contributed by atoms with Crippen LogP contribution in [-0.4, -0.2) is 0 Å². The molecule has 3 aromatic rings. The number of hydrogen-bond donors (Lipinski definition) is 0. The predicted molar refractivity (Wildman–Crippen MR) is 102 cm³/mol. The van der Waals surface area contributed by atoms with Crippen LogP contribution < -0.4 is 4.74 Å². The van der Waals surface area contributed by atoms with Crippen molar-refractivity contribution in [1.29, 1.82) is 10.5 Å². The maximum atomic E-state index is 9.28. The monoisotopic (exact) mass is 338 g/mol. The van der Waals surface area contributed by atoms with Gasteiger partial charge in [-0.3, -0.25) is 0 Å². The van der Waals surface area contributed by atoms with Gasteiger partial charge >= 0.3 is 0 Å². The average molecular weight is 338 g/mol. The third-order valence-electron chi connectivity index (χ3n) is 4.25. The van der Waals surface area contributed by atoms with E-state index in [1.54, 1.807) is 18.2 Å². The molecule has 26 heavy (non-hydrogen) atoms. The minimum absolute atomic E-state index is 0.253. The molecule has 0 spiro atoms. The fraction of sp³-hybridized carbons (Fsp3) is 0.130. The average Bonchev–Trinajstić information content (AvgIpc) is 2.68. The highest BCUT2D eigenvalue weighted by Gasteiger charge is 2.10. The molecule has 0 amide bonds. The topological polar surface area (TPSA) is 56.8 Å². The number of nitriles is 2. The minimum atomic E-state index is 0.253. The van der Waals surface area contributed by atoms with Gasteiger partial charge in [0.25, 0.3) is 0 Å². The zero-order chi connectivity index (χ0) is 18.5. The van der Waals surface area contributed by atoms with Gasteiger partial charge in [0.1, 0.15) is 29.2 Å². The highest BCUT2D eigenvalue weighted by atomic mass is 16.5. The van der Waals surface area contributed by atoms with Crippen molar-refractivity contribution in [3.63, 3.8) is 0 Å². The van der Waals surface area contributed by atoms with Gasteiger partial charge in [-0.15, -0.1) is 0 Å². The molecule has 0 N–H and O–H groups in total. The molecule has 0 atom stereocenters. The Kier molecular flexibility index (Phi) is 5.02. The van der Waals surface area contributed by atoms with E-state index in [-0.39, 0.29) is 5.56 Å². The Morgan fingerprint density at radius 1 is 0.769 bits per heavy atom. The molecule has 3 rings (SSSR count). The fourth-order valence-electron chi connectivity index (χ4n) is 2.73. The first-order valence-corrected chi connectivity index (χ1v) is 8.44. The third kappa shape index (κ3) is 3.58. The van der Waals surface area contributed by atoms with Crippen molar-refractivity contribution in [2.75, 3.05) is 0 Å². The second-order valence-corrected chi connectivity index (χ2v) is 6.31. The van der Waals surface area contributed by atoms with Crippen LogP contribution in [0.25, 0.3) is 11.1 Å². The highest BCUT2D eigenvalue weighted by molar-refractivity contribution is 5.65. The van der Waals surface area contributed by atoms with E-state index >= 15 is 0 Å². The van der Waals surface area contributed by atoms with Gasteiger partial charge in [-0.05, 0) is 46.9 Å². The molecule has 0 heterocycles. The van der Waals surface area contributed by atoms with Crippen molar-refractivity contribution in [1.82, 2.24) is 0 Å². The number of hydrogen-bond acceptors (Lipinski definition) is 3. The Morgan fingerprint density at radius 2 is 1.38 bits per heavy atom. The van der Waals surface area contributed by atoms with Crippen molar-refractivity contribution in [3.05, 3.63) is 83.4 Å². The zero-order valence-corrected chi connectivity index (χ0v) is 14.7. The Balaban J connectivity index is 1.83. The summed E-state index contributed by atoms with van der Waals surface area (Å²) in [7, 11) is 0. The number of ether oxygens (including phenoxy) is 1. The molecule has 3 nitrogen and oxygen atoms in total. The summed E-state index contributed by atoms with van der Waals surface area (Å²) in [6.45, 7) is 4.36. The second-order valence-electron chi connectivity index (χ2n) is 6.31. The molecule has 0 aromatic heterocycles. The number of nitrogens with zero attached hydrogens (tertiary/aromatic N) is 2. The minimum Gasteiger partial charge on any atom is -0.456 e. The van der Waals surface area contributed by atoms with E-state index in [2.05, 4.69) is 38.1 Å². The highest BCUT2D eigenvalue weighted by Crippen LogP contribution is 2.29. The summed E-state index contributed by atoms with van der Waals surface area (Å²) in [6.07, 6.45) is 0. The van der Waals surface area contributed by atoms with E-state index in [0.717, 1.165) is 11.1 Å². The molecule has 0 bridgehead atoms. The van der Waals surface area contributed by atoms with Gasteiger partial charge in [-0.25, -0.2) is 0 Å². The standard InChI is InChI=1S/C23H18N2O/c1-16(2)17-6-8-18(9-7-17)19-10-12-21(13-11-19)26-23-5-3-4-20(14-24)22(23)15-25/h3-13,16H,1-2H3. The van der Waals surface area contributed by atoms with E-state index in [1.165, 1.54) is 5.56 Å². The van der Waals surface area contributed by atoms with Crippen LogP contribution in [0.15, 0.2) is 66.7 Å². The molecular weight excluding hydrogens is 320 g/mol. The van der Waals surface area contributed by atoms with Gasteiger partial charge in [-0.1, -0.05) is 56.3 Å². The summed E-state index contributed by atoms with van der Waals surface area (Å²) in [5, 5.41) is 18.4. The number of benzene rings is 3. The molecule has 0 radical (unpaired) electrons. The predicted octanol–water partition coefficient (Wildman–Crippen LogP) is 6.01. The summed E-state index contributed by atoms with van der Waals surface area (Å²) >= 11 is 0. The van der Waals surface area contributed by atoms with Crippen LogP contribution in [0.4, 0.5) is 0 Å². The quantitative estimate of drug-likeness (QED) is 0.585. The third-order valence-corrected chi connectivity index (χ3v) is 4.25. The Labute approximate surface area is 153 Å². The van der Waals surface area contributed by atoms with Gasteiger partial charge in [0.05, 0.1) is 5.56 Å². The first kappa shape index (κ1) is 17.3. The normalized spacial score (nSPS) is 10.2. The second kappa shape index (κ2) is 7.55. The summed E-state index contributed by atoms with van der Waals surface area (Å²) in [4.78, 5) is 0. The zero-order valence-electron chi connectivity index (χ0n) is 14.7. The van der Waals surface area contributed by atoms with Gasteiger partial charge in [0.15, 0.2) is 0 Å². The van der Waals surface area contributed by atoms with Crippen molar-refractivity contribution >= 4 is 0 Å². The Morgan fingerprint density at radius 3 is 1.92 bits per heavy atom. The Bertz CT molecular complexity index is 988. The van der Waals surface area contributed by atoms with Gasteiger partial charge in [0.2, 0.25) is 0 Å². The lowest BCUT2D eigenvalue weighted by atomic mass is 9.99. The largest absolute Gasteiger partial charge is 0.456 e. The fourth-order valence-corrected chi connectivity index (χ4v) is 2.73. The van der Waals surface area contributed by atoms with Crippen molar-refractivity contribution in [3.8, 4) is 34.8 Å². The lowest BCUT2D eigenvalue weighted by Crippen LogP contribution is -1.91. The first-order valence-electron chi connectivity index (χ1n) is 8.44. The van der Waals surface area contributed by atoms with E-state index in [0.29, 0.717) is 23.0 Å². The van der Waals surface area contributed by atoms with Crippen LogP contribution in [-0.2, 0) is 0 Å². The lowest BCUT2D eigenvalue weighted by Gasteiger charge is -2.10. The Hall–Kier alpha value is -3.56. The smallest absolute Gasteiger partial charge is 0.146 e. The SMILES string of the molecule is CC(C)c1ccc(-c2ccc(Oc3cccc(C#N)c3C#N)cc2)cc1. The van der Waals surface area contributed by atoms with Crippen LogP contribution in [0.1, 0.15) is 36.5 Å². The summed E-state index contributed by atoms with van der Waals surface area (Å²) < 4.78 is 5.81. The molecule has 3 heteroatoms. The van der Waals surface area contributed by atoms with E-state index in [9.17, 15) is 5.26 Å².